The Morgan fingerprint density at radius 3 is 2.48 bits per heavy atom. The zero-order chi connectivity index (χ0) is 17.2. The second-order valence-corrected chi connectivity index (χ2v) is 8.57. The van der Waals surface area contributed by atoms with Gasteiger partial charge in [-0.1, -0.05) is 29.3 Å². The summed E-state index contributed by atoms with van der Waals surface area (Å²) >= 11 is 5.44. The third kappa shape index (κ3) is 3.65. The number of aromatic nitrogens is 2. The van der Waals surface area contributed by atoms with Crippen LogP contribution in [0.5, 0.6) is 0 Å². The van der Waals surface area contributed by atoms with Crippen LogP contribution in [0.2, 0.25) is 0 Å². The number of hydrogen-bond acceptors (Lipinski definition) is 5. The molecule has 0 aliphatic carbocycles. The summed E-state index contributed by atoms with van der Waals surface area (Å²) in [6.45, 7) is 6.21. The van der Waals surface area contributed by atoms with Crippen molar-refractivity contribution >= 4 is 39.3 Å². The molecule has 1 saturated heterocycles. The largest absolute Gasteiger partial charge is 0.368 e. The zero-order valence-electron chi connectivity index (χ0n) is 14.5. The van der Waals surface area contributed by atoms with Crippen molar-refractivity contribution < 1.29 is 0 Å². The van der Waals surface area contributed by atoms with Gasteiger partial charge in [-0.25, -0.2) is 9.97 Å². The first-order chi connectivity index (χ1) is 12.2. The van der Waals surface area contributed by atoms with Crippen LogP contribution in [0.4, 0.5) is 11.6 Å². The summed E-state index contributed by atoms with van der Waals surface area (Å²) in [7, 11) is 0. The standard InChI is InChI=1S/C19H23BrN4S/c1-2-3-16-18-17(8-13-25-18)22-19(21-16)24-11-9-23(10-12-24)15-6-4-14(20)5-7-15/h4-7H,2-3,8-13H2,1H3. The first-order valence-corrected chi connectivity index (χ1v) is 10.8. The van der Waals surface area contributed by atoms with Gasteiger partial charge in [-0.05, 0) is 30.7 Å². The maximum absolute atomic E-state index is 4.94. The second kappa shape index (κ2) is 7.54. The average Bonchev–Trinajstić information content (AvgIpc) is 3.12. The lowest BCUT2D eigenvalue weighted by Crippen LogP contribution is -2.47. The molecule has 25 heavy (non-hydrogen) atoms. The predicted molar refractivity (Wildman–Crippen MR) is 109 cm³/mol. The van der Waals surface area contributed by atoms with Gasteiger partial charge in [0.05, 0.1) is 16.3 Å². The van der Waals surface area contributed by atoms with Crippen molar-refractivity contribution in [3.8, 4) is 0 Å². The Kier molecular flexibility index (Phi) is 5.17. The Balaban J connectivity index is 1.49. The molecular formula is C19H23BrN4S. The lowest BCUT2D eigenvalue weighted by atomic mass is 10.2. The summed E-state index contributed by atoms with van der Waals surface area (Å²) in [4.78, 5) is 16.0. The fourth-order valence-corrected chi connectivity index (χ4v) is 4.88. The van der Waals surface area contributed by atoms with E-state index in [1.54, 1.807) is 0 Å². The van der Waals surface area contributed by atoms with Crippen molar-refractivity contribution in [2.75, 3.05) is 41.7 Å². The first-order valence-electron chi connectivity index (χ1n) is 9.02. The maximum atomic E-state index is 4.94. The van der Waals surface area contributed by atoms with Gasteiger partial charge in [0, 0.05) is 48.5 Å². The number of anilines is 2. The smallest absolute Gasteiger partial charge is 0.225 e. The molecule has 6 heteroatoms. The molecule has 4 rings (SSSR count). The van der Waals surface area contributed by atoms with E-state index in [2.05, 4.69) is 56.9 Å². The van der Waals surface area contributed by atoms with E-state index in [0.29, 0.717) is 0 Å². The number of thioether (sulfide) groups is 1. The Hall–Kier alpha value is -1.27. The van der Waals surface area contributed by atoms with E-state index in [4.69, 9.17) is 9.97 Å². The molecule has 0 amide bonds. The number of benzene rings is 1. The average molecular weight is 419 g/mol. The van der Waals surface area contributed by atoms with E-state index < -0.39 is 0 Å². The summed E-state index contributed by atoms with van der Waals surface area (Å²) in [5, 5.41) is 0. The van der Waals surface area contributed by atoms with Crippen LogP contribution in [0.1, 0.15) is 24.7 Å². The van der Waals surface area contributed by atoms with Crippen LogP contribution in [-0.2, 0) is 12.8 Å². The lowest BCUT2D eigenvalue weighted by Gasteiger charge is -2.36. The minimum atomic E-state index is 0.945. The highest BCUT2D eigenvalue weighted by Crippen LogP contribution is 2.34. The Labute approximate surface area is 162 Å². The molecule has 132 valence electrons. The van der Waals surface area contributed by atoms with Crippen LogP contribution < -0.4 is 9.80 Å². The number of piperazine rings is 1. The minimum Gasteiger partial charge on any atom is -0.368 e. The van der Waals surface area contributed by atoms with E-state index in [-0.39, 0.29) is 0 Å². The van der Waals surface area contributed by atoms with Crippen LogP contribution in [0.3, 0.4) is 0 Å². The lowest BCUT2D eigenvalue weighted by molar-refractivity contribution is 0.634. The van der Waals surface area contributed by atoms with Crippen molar-refractivity contribution in [3.63, 3.8) is 0 Å². The van der Waals surface area contributed by atoms with Gasteiger partial charge >= 0.3 is 0 Å². The van der Waals surface area contributed by atoms with Crippen molar-refractivity contribution in [2.45, 2.75) is 31.1 Å². The van der Waals surface area contributed by atoms with Crippen molar-refractivity contribution in [2.24, 2.45) is 0 Å². The van der Waals surface area contributed by atoms with E-state index in [9.17, 15) is 0 Å². The summed E-state index contributed by atoms with van der Waals surface area (Å²) in [5.74, 6) is 2.10. The monoisotopic (exact) mass is 418 g/mol. The molecule has 2 aliphatic heterocycles. The predicted octanol–water partition coefficient (Wildman–Crippen LogP) is 4.17. The summed E-state index contributed by atoms with van der Waals surface area (Å²) in [5.41, 5.74) is 3.83. The highest BCUT2D eigenvalue weighted by Gasteiger charge is 2.24. The first kappa shape index (κ1) is 17.2. The molecule has 0 radical (unpaired) electrons. The molecule has 0 N–H and O–H groups in total. The molecule has 2 aliphatic rings. The number of fused-ring (bicyclic) bond motifs is 1. The van der Waals surface area contributed by atoms with Gasteiger partial charge in [0.1, 0.15) is 0 Å². The van der Waals surface area contributed by atoms with Gasteiger partial charge in [0.15, 0.2) is 0 Å². The number of rotatable bonds is 4. The van der Waals surface area contributed by atoms with Crippen molar-refractivity contribution in [3.05, 3.63) is 40.1 Å². The minimum absolute atomic E-state index is 0.945. The third-order valence-electron chi connectivity index (χ3n) is 4.82. The third-order valence-corrected chi connectivity index (χ3v) is 6.52. The molecule has 1 aromatic heterocycles. The van der Waals surface area contributed by atoms with Crippen molar-refractivity contribution in [1.29, 1.82) is 0 Å². The Bertz CT molecular complexity index is 742. The topological polar surface area (TPSA) is 32.3 Å². The summed E-state index contributed by atoms with van der Waals surface area (Å²) < 4.78 is 1.13. The fraction of sp³-hybridized carbons (Fsp3) is 0.474. The van der Waals surface area contributed by atoms with Crippen molar-refractivity contribution in [1.82, 2.24) is 9.97 Å². The Morgan fingerprint density at radius 2 is 1.76 bits per heavy atom. The molecule has 2 aromatic rings. The molecule has 0 atom stereocenters. The van der Waals surface area contributed by atoms with E-state index in [0.717, 1.165) is 61.6 Å². The molecule has 0 unspecified atom stereocenters. The normalized spacial score (nSPS) is 17.0. The highest BCUT2D eigenvalue weighted by molar-refractivity contribution is 9.10. The van der Waals surface area contributed by atoms with Gasteiger partial charge in [-0.3, -0.25) is 0 Å². The van der Waals surface area contributed by atoms with Crippen LogP contribution in [0, 0.1) is 0 Å². The fourth-order valence-electron chi connectivity index (χ4n) is 3.48. The second-order valence-electron chi connectivity index (χ2n) is 6.55. The number of nitrogens with zero attached hydrogens (tertiary/aromatic N) is 4. The van der Waals surface area contributed by atoms with Gasteiger partial charge in [-0.15, -0.1) is 11.8 Å². The van der Waals surface area contributed by atoms with Crippen LogP contribution in [-0.4, -0.2) is 41.9 Å². The molecule has 0 bridgehead atoms. The zero-order valence-corrected chi connectivity index (χ0v) is 16.9. The summed E-state index contributed by atoms with van der Waals surface area (Å²) in [6, 6.07) is 8.59. The van der Waals surface area contributed by atoms with Crippen LogP contribution >= 0.6 is 27.7 Å². The van der Waals surface area contributed by atoms with Gasteiger partial charge in [-0.2, -0.15) is 0 Å². The molecule has 0 saturated carbocycles. The van der Waals surface area contributed by atoms with Gasteiger partial charge in [0.25, 0.3) is 0 Å². The quantitative estimate of drug-likeness (QED) is 0.743. The Morgan fingerprint density at radius 1 is 1.04 bits per heavy atom. The number of halogens is 1. The molecular weight excluding hydrogens is 396 g/mol. The molecule has 1 fully saturated rings. The number of aryl methyl sites for hydroxylation is 2. The maximum Gasteiger partial charge on any atom is 0.225 e. The highest BCUT2D eigenvalue weighted by atomic mass is 79.9. The SMILES string of the molecule is CCCc1nc(N2CCN(c3ccc(Br)cc3)CC2)nc2c1SCC2. The van der Waals surface area contributed by atoms with Crippen LogP contribution in [0.15, 0.2) is 33.6 Å². The summed E-state index contributed by atoms with van der Waals surface area (Å²) in [6.07, 6.45) is 3.29. The van der Waals surface area contributed by atoms with Gasteiger partial charge in [0.2, 0.25) is 5.95 Å². The van der Waals surface area contributed by atoms with Crippen LogP contribution in [0.25, 0.3) is 0 Å². The number of hydrogen-bond donors (Lipinski definition) is 0. The van der Waals surface area contributed by atoms with E-state index in [1.165, 1.54) is 22.0 Å². The molecule has 1 aromatic carbocycles. The van der Waals surface area contributed by atoms with E-state index in [1.807, 2.05) is 11.8 Å². The van der Waals surface area contributed by atoms with E-state index >= 15 is 0 Å². The molecule has 4 nitrogen and oxygen atoms in total. The van der Waals surface area contributed by atoms with Gasteiger partial charge < -0.3 is 9.80 Å². The molecule has 0 spiro atoms. The molecule has 3 heterocycles.